The van der Waals surface area contributed by atoms with Crippen molar-refractivity contribution in [2.75, 3.05) is 6.61 Å². The van der Waals surface area contributed by atoms with Gasteiger partial charge in [0.1, 0.15) is 24.1 Å². The first-order valence-corrected chi connectivity index (χ1v) is 5.51. The van der Waals surface area contributed by atoms with E-state index in [1.165, 1.54) is 0 Å². The van der Waals surface area contributed by atoms with Crippen LogP contribution in [0.15, 0.2) is 30.3 Å². The van der Waals surface area contributed by atoms with E-state index in [0.717, 1.165) is 0 Å². The summed E-state index contributed by atoms with van der Waals surface area (Å²) in [5, 5.41) is 28.2. The Morgan fingerprint density at radius 1 is 1.22 bits per heavy atom. The molecule has 2 rings (SSSR count). The molecule has 1 aliphatic rings. The molecule has 0 saturated carbocycles. The van der Waals surface area contributed by atoms with Gasteiger partial charge in [0.25, 0.3) is 0 Å². The second kappa shape index (κ2) is 5.45. The van der Waals surface area contributed by atoms with E-state index in [9.17, 15) is 15.0 Å². The van der Waals surface area contributed by atoms with E-state index < -0.39 is 37.0 Å². The summed E-state index contributed by atoms with van der Waals surface area (Å²) in [4.78, 5) is 11.4. The Hall–Kier alpha value is -1.47. The summed E-state index contributed by atoms with van der Waals surface area (Å²) in [5.41, 5.74) is 0. The van der Waals surface area contributed by atoms with Gasteiger partial charge in [-0.3, -0.25) is 4.79 Å². The number of benzene rings is 1. The smallest absolute Gasteiger partial charge is 0.229 e. The molecule has 1 aromatic carbocycles. The minimum absolute atomic E-state index is 0.430. The number of carbonyl (C=O) groups is 1. The van der Waals surface area contributed by atoms with E-state index in [2.05, 4.69) is 0 Å². The fourth-order valence-electron chi connectivity index (χ4n) is 1.68. The van der Waals surface area contributed by atoms with Crippen molar-refractivity contribution in [3.05, 3.63) is 30.3 Å². The van der Waals surface area contributed by atoms with Crippen LogP contribution in [0.4, 0.5) is 0 Å². The van der Waals surface area contributed by atoms with Gasteiger partial charge < -0.3 is 24.8 Å². The predicted molar refractivity (Wildman–Crippen MR) is 59.8 cm³/mol. The molecule has 1 aliphatic heterocycles. The van der Waals surface area contributed by atoms with Crippen molar-refractivity contribution in [3.8, 4) is 5.75 Å². The number of aliphatic hydroxyl groups excluding tert-OH is 3. The van der Waals surface area contributed by atoms with Crippen LogP contribution in [0.2, 0.25) is 0 Å². The number of hydrogen-bond acceptors (Lipinski definition) is 6. The maximum absolute atomic E-state index is 11.4. The quantitative estimate of drug-likeness (QED) is 0.645. The first-order valence-electron chi connectivity index (χ1n) is 5.51. The molecule has 4 atom stereocenters. The molecule has 0 spiro atoms. The van der Waals surface area contributed by atoms with Gasteiger partial charge >= 0.3 is 0 Å². The molecule has 1 fully saturated rings. The maximum Gasteiger partial charge on any atom is 0.229 e. The number of rotatable bonds is 3. The topological polar surface area (TPSA) is 96.2 Å². The third-order valence-corrected chi connectivity index (χ3v) is 2.67. The molecule has 1 aromatic rings. The third kappa shape index (κ3) is 2.51. The lowest BCUT2D eigenvalue weighted by molar-refractivity contribution is -0.230. The van der Waals surface area contributed by atoms with Gasteiger partial charge in [-0.2, -0.15) is 0 Å². The van der Waals surface area contributed by atoms with Crippen LogP contribution >= 0.6 is 0 Å². The van der Waals surface area contributed by atoms with E-state index in [1.807, 2.05) is 0 Å². The number of carbonyl (C=O) groups excluding carboxylic acids is 1. The molecule has 0 unspecified atom stereocenters. The number of ether oxygens (including phenoxy) is 2. The Bertz CT molecular complexity index is 402. The molecule has 98 valence electrons. The zero-order valence-corrected chi connectivity index (χ0v) is 9.47. The highest BCUT2D eigenvalue weighted by Gasteiger charge is 2.44. The Balaban J connectivity index is 2.10. The van der Waals surface area contributed by atoms with Crippen LogP contribution in [0.3, 0.4) is 0 Å². The van der Waals surface area contributed by atoms with Gasteiger partial charge in [-0.15, -0.1) is 0 Å². The monoisotopic (exact) mass is 254 g/mol. The summed E-state index contributed by atoms with van der Waals surface area (Å²) in [7, 11) is 0. The number of Topliss-reactive ketones (excluding diaryl/α,β-unsaturated/α-hetero) is 1. The molecule has 6 nitrogen and oxygen atoms in total. The highest BCUT2D eigenvalue weighted by atomic mass is 16.7. The zero-order chi connectivity index (χ0) is 13.1. The number of para-hydroxylation sites is 1. The normalized spacial score (nSPS) is 32.3. The van der Waals surface area contributed by atoms with Crippen LogP contribution in [0.5, 0.6) is 5.75 Å². The predicted octanol–water partition coefficient (Wildman–Crippen LogP) is -0.927. The molecule has 0 aromatic heterocycles. The second-order valence-corrected chi connectivity index (χ2v) is 3.94. The van der Waals surface area contributed by atoms with Crippen molar-refractivity contribution in [3.63, 3.8) is 0 Å². The summed E-state index contributed by atoms with van der Waals surface area (Å²) in [6.45, 7) is -0.572. The molecule has 0 radical (unpaired) electrons. The molecule has 18 heavy (non-hydrogen) atoms. The minimum Gasteiger partial charge on any atom is -0.462 e. The lowest BCUT2D eigenvalue weighted by Gasteiger charge is -2.35. The van der Waals surface area contributed by atoms with Crippen LogP contribution in [-0.4, -0.2) is 52.3 Å². The Morgan fingerprint density at radius 3 is 2.50 bits per heavy atom. The van der Waals surface area contributed by atoms with Crippen molar-refractivity contribution in [1.29, 1.82) is 0 Å². The summed E-state index contributed by atoms with van der Waals surface area (Å²) >= 11 is 0. The largest absolute Gasteiger partial charge is 0.462 e. The van der Waals surface area contributed by atoms with Gasteiger partial charge in [0.05, 0.1) is 6.61 Å². The first kappa shape index (κ1) is 13.0. The van der Waals surface area contributed by atoms with Gasteiger partial charge in [0, 0.05) is 0 Å². The maximum atomic E-state index is 11.4. The van der Waals surface area contributed by atoms with Crippen molar-refractivity contribution in [2.24, 2.45) is 0 Å². The first-order chi connectivity index (χ1) is 8.63. The summed E-state index contributed by atoms with van der Waals surface area (Å²) < 4.78 is 10.4. The van der Waals surface area contributed by atoms with E-state index in [1.54, 1.807) is 30.3 Å². The fourth-order valence-corrected chi connectivity index (χ4v) is 1.68. The average molecular weight is 254 g/mol. The van der Waals surface area contributed by atoms with Crippen LogP contribution in [-0.2, 0) is 9.53 Å². The van der Waals surface area contributed by atoms with Gasteiger partial charge in [-0.05, 0) is 12.1 Å². The van der Waals surface area contributed by atoms with Gasteiger partial charge in [-0.1, -0.05) is 18.2 Å². The third-order valence-electron chi connectivity index (χ3n) is 2.67. The van der Waals surface area contributed by atoms with Crippen molar-refractivity contribution >= 4 is 5.78 Å². The molecular weight excluding hydrogens is 240 g/mol. The highest BCUT2D eigenvalue weighted by molar-refractivity contribution is 5.88. The fraction of sp³-hybridized carbons (Fsp3) is 0.417. The van der Waals surface area contributed by atoms with E-state index in [4.69, 9.17) is 14.6 Å². The lowest BCUT2D eigenvalue weighted by atomic mass is 10.0. The van der Waals surface area contributed by atoms with E-state index in [0.29, 0.717) is 5.75 Å². The Morgan fingerprint density at radius 2 is 1.89 bits per heavy atom. The summed E-state index contributed by atoms with van der Waals surface area (Å²) in [5.74, 6) is -0.322. The minimum atomic E-state index is -1.62. The molecule has 6 heteroatoms. The molecule has 0 aliphatic carbocycles. The molecule has 1 saturated heterocycles. The zero-order valence-electron chi connectivity index (χ0n) is 9.47. The van der Waals surface area contributed by atoms with Gasteiger partial charge in [-0.25, -0.2) is 0 Å². The Kier molecular flexibility index (Phi) is 3.93. The second-order valence-electron chi connectivity index (χ2n) is 3.94. The highest BCUT2D eigenvalue weighted by Crippen LogP contribution is 2.21. The van der Waals surface area contributed by atoms with Gasteiger partial charge in [0.2, 0.25) is 6.29 Å². The number of ketones is 1. The Labute approximate surface area is 103 Å². The van der Waals surface area contributed by atoms with Gasteiger partial charge in [0.15, 0.2) is 5.78 Å². The molecule has 1 heterocycles. The van der Waals surface area contributed by atoms with E-state index in [-0.39, 0.29) is 0 Å². The van der Waals surface area contributed by atoms with Crippen LogP contribution in [0.1, 0.15) is 0 Å². The molecule has 0 amide bonds. The van der Waals surface area contributed by atoms with Crippen molar-refractivity contribution in [1.82, 2.24) is 0 Å². The van der Waals surface area contributed by atoms with Crippen molar-refractivity contribution in [2.45, 2.75) is 24.6 Å². The summed E-state index contributed by atoms with van der Waals surface area (Å²) in [6.07, 6.45) is -5.49. The average Bonchev–Trinajstić information content (AvgIpc) is 2.40. The number of hydrogen-bond donors (Lipinski definition) is 3. The van der Waals surface area contributed by atoms with Crippen LogP contribution < -0.4 is 4.74 Å². The molecule has 0 bridgehead atoms. The van der Waals surface area contributed by atoms with Crippen LogP contribution in [0.25, 0.3) is 0 Å². The molecule has 3 N–H and O–H groups in total. The van der Waals surface area contributed by atoms with E-state index >= 15 is 0 Å². The SMILES string of the molecule is O=C1[C@@H](CO)O[C@@H](Oc2ccccc2)[C@H](O)[C@H]1O. The lowest BCUT2D eigenvalue weighted by Crippen LogP contribution is -2.57. The number of aliphatic hydroxyl groups is 3. The molecular formula is C12H14O6. The standard InChI is InChI=1S/C12H14O6/c13-6-8-9(14)10(15)11(16)12(18-8)17-7-4-2-1-3-5-7/h1-5,8,10-13,15-16H,6H2/t8-,10+,11-,12-/m1/s1. The van der Waals surface area contributed by atoms with Crippen LogP contribution in [0, 0.1) is 0 Å². The summed E-state index contributed by atoms with van der Waals surface area (Å²) in [6, 6.07) is 8.55. The van der Waals surface area contributed by atoms with Crippen molar-refractivity contribution < 1.29 is 29.6 Å².